The summed E-state index contributed by atoms with van der Waals surface area (Å²) in [7, 11) is 0. The highest BCUT2D eigenvalue weighted by atomic mass is 14.1. The summed E-state index contributed by atoms with van der Waals surface area (Å²) in [5.74, 6) is 0. The van der Waals surface area contributed by atoms with Gasteiger partial charge in [0.15, 0.2) is 0 Å². The van der Waals surface area contributed by atoms with Crippen LogP contribution in [-0.4, -0.2) is 0 Å². The van der Waals surface area contributed by atoms with E-state index in [1.54, 1.807) is 0 Å². The second-order valence-corrected chi connectivity index (χ2v) is 5.48. The maximum absolute atomic E-state index is 3.94. The largest absolute Gasteiger partial charge is 0.0985 e. The Morgan fingerprint density at radius 1 is 0.680 bits per heavy atom. The van der Waals surface area contributed by atoms with Crippen LogP contribution in [0.25, 0.3) is 27.8 Å². The van der Waals surface area contributed by atoms with Crippen molar-refractivity contribution in [2.45, 2.75) is 21.8 Å². The molecule has 0 aromatic heterocycles. The van der Waals surface area contributed by atoms with E-state index in [-0.39, 0.29) is 14.9 Å². The molecule has 3 aromatic carbocycles. The van der Waals surface area contributed by atoms with Gasteiger partial charge in [-0.2, -0.15) is 0 Å². The van der Waals surface area contributed by atoms with Crippen LogP contribution in [0, 0.1) is 0 Å². The summed E-state index contributed by atoms with van der Waals surface area (Å²) >= 11 is 0. The molecule has 0 nitrogen and oxygen atoms in total. The highest BCUT2D eigenvalue weighted by molar-refractivity contribution is 5.82. The lowest BCUT2D eigenvalue weighted by Crippen LogP contribution is -1.87. The average Bonchev–Trinajstić information content (AvgIpc) is 2.64. The number of rotatable bonds is 4. The van der Waals surface area contributed by atoms with E-state index in [9.17, 15) is 0 Å². The lowest BCUT2D eigenvalue weighted by molar-refractivity contribution is 1.55. The molecule has 0 saturated heterocycles. The van der Waals surface area contributed by atoms with Crippen LogP contribution in [0.1, 0.15) is 27.3 Å². The molecule has 0 atom stereocenters. The van der Waals surface area contributed by atoms with Crippen LogP contribution in [0.15, 0.2) is 97.6 Å². The lowest BCUT2D eigenvalue weighted by atomic mass is 9.93. The van der Waals surface area contributed by atoms with Gasteiger partial charge in [0, 0.05) is 0 Å². The van der Waals surface area contributed by atoms with Crippen LogP contribution in [0.5, 0.6) is 0 Å². The van der Waals surface area contributed by atoms with Crippen LogP contribution in [0.3, 0.4) is 0 Å². The first-order chi connectivity index (χ1) is 11.3. The van der Waals surface area contributed by atoms with Gasteiger partial charge < -0.3 is 0 Å². The minimum Gasteiger partial charge on any atom is -0.0985 e. The third-order valence-electron chi connectivity index (χ3n) is 4.01. The molecule has 0 unspecified atom stereocenters. The predicted molar refractivity (Wildman–Crippen MR) is 115 cm³/mol. The second-order valence-electron chi connectivity index (χ2n) is 5.48. The van der Waals surface area contributed by atoms with Gasteiger partial charge in [0.25, 0.3) is 0 Å². The van der Waals surface area contributed by atoms with Crippen molar-refractivity contribution in [1.82, 2.24) is 0 Å². The zero-order chi connectivity index (χ0) is 16.1. The highest BCUT2D eigenvalue weighted by Crippen LogP contribution is 2.31. The van der Waals surface area contributed by atoms with Gasteiger partial charge in [-0.05, 0) is 58.5 Å². The van der Waals surface area contributed by atoms with Crippen molar-refractivity contribution in [2.75, 3.05) is 0 Å². The molecule has 0 aliphatic carbocycles. The van der Waals surface area contributed by atoms with Gasteiger partial charge in [0.2, 0.25) is 0 Å². The Bertz CT molecular complexity index is 767. The van der Waals surface area contributed by atoms with Crippen molar-refractivity contribution < 1.29 is 0 Å². The van der Waals surface area contributed by atoms with E-state index < -0.39 is 0 Å². The quantitative estimate of drug-likeness (QED) is 0.427. The van der Waals surface area contributed by atoms with Crippen molar-refractivity contribution in [3.63, 3.8) is 0 Å². The van der Waals surface area contributed by atoms with E-state index in [0.29, 0.717) is 0 Å². The van der Waals surface area contributed by atoms with Gasteiger partial charge in [0.05, 0.1) is 0 Å². The fourth-order valence-corrected chi connectivity index (χ4v) is 2.79. The molecular formula is C25H28. The molecule has 0 aliphatic heterocycles. The Hall–Kier alpha value is -2.86. The van der Waals surface area contributed by atoms with E-state index in [1.807, 2.05) is 25.1 Å². The molecule has 3 aromatic rings. The fraction of sp³-hybridized carbons (Fsp3) is 0.120. The van der Waals surface area contributed by atoms with Crippen molar-refractivity contribution in [3.05, 3.63) is 103 Å². The molecule has 0 aliphatic rings. The third kappa shape index (κ3) is 4.58. The van der Waals surface area contributed by atoms with Gasteiger partial charge in [0.1, 0.15) is 0 Å². The number of allylic oxidation sites excluding steroid dienone is 3. The average molecular weight is 328 g/mol. The summed E-state index contributed by atoms with van der Waals surface area (Å²) in [5, 5.41) is 0. The maximum Gasteiger partial charge on any atom is -0.0172 e. The zero-order valence-electron chi connectivity index (χ0n) is 13.4. The molecule has 0 N–H and O–H groups in total. The monoisotopic (exact) mass is 328 g/mol. The molecule has 25 heavy (non-hydrogen) atoms. The lowest BCUT2D eigenvalue weighted by Gasteiger charge is -2.11. The smallest absolute Gasteiger partial charge is 0.0172 e. The Kier molecular flexibility index (Phi) is 7.62. The summed E-state index contributed by atoms with van der Waals surface area (Å²) in [6.07, 6.45) is 4.02. The minimum absolute atomic E-state index is 0. The molecule has 0 heterocycles. The molecule has 0 amide bonds. The van der Waals surface area contributed by atoms with E-state index >= 15 is 0 Å². The normalized spacial score (nSPS) is 10.4. The Labute approximate surface area is 153 Å². The summed E-state index contributed by atoms with van der Waals surface area (Å²) in [6.45, 7) is 5.99. The van der Waals surface area contributed by atoms with Crippen LogP contribution in [0.4, 0.5) is 0 Å². The number of hydrogen-bond acceptors (Lipinski definition) is 0. The maximum atomic E-state index is 3.94. The van der Waals surface area contributed by atoms with Crippen molar-refractivity contribution in [1.29, 1.82) is 0 Å². The summed E-state index contributed by atoms with van der Waals surface area (Å²) in [6, 6.07) is 27.7. The standard InChI is InChI=1S/C23H20.2CH4/c1-3-18(4-2)21-15-22(19-11-7-5-8-12-19)17-23(16-21)20-13-9-6-10-14-20;;/h3-17H,1H2,2H3;2*1H4/b18-4+;;. The molecule has 0 fully saturated rings. The van der Waals surface area contributed by atoms with Crippen molar-refractivity contribution >= 4 is 5.57 Å². The van der Waals surface area contributed by atoms with Gasteiger partial charge in [-0.25, -0.2) is 0 Å². The minimum atomic E-state index is 0. The summed E-state index contributed by atoms with van der Waals surface area (Å²) in [5.41, 5.74) is 7.26. The molecule has 0 bridgehead atoms. The molecular weight excluding hydrogens is 300 g/mol. The SMILES string of the molecule is C.C.C=C/C(=C\C)c1cc(-c2ccccc2)cc(-c2ccccc2)c1. The van der Waals surface area contributed by atoms with E-state index in [4.69, 9.17) is 0 Å². The van der Waals surface area contributed by atoms with E-state index in [0.717, 1.165) is 5.57 Å². The molecule has 0 spiro atoms. The Morgan fingerprint density at radius 3 is 1.48 bits per heavy atom. The zero-order valence-corrected chi connectivity index (χ0v) is 13.4. The van der Waals surface area contributed by atoms with Crippen molar-refractivity contribution in [3.8, 4) is 22.3 Å². The molecule has 3 rings (SSSR count). The number of benzene rings is 3. The van der Waals surface area contributed by atoms with Crippen LogP contribution in [0.2, 0.25) is 0 Å². The fourth-order valence-electron chi connectivity index (χ4n) is 2.79. The van der Waals surface area contributed by atoms with Gasteiger partial charge in [-0.3, -0.25) is 0 Å². The molecule has 128 valence electrons. The molecule has 0 heteroatoms. The van der Waals surface area contributed by atoms with Crippen molar-refractivity contribution in [2.24, 2.45) is 0 Å². The third-order valence-corrected chi connectivity index (χ3v) is 4.01. The first kappa shape index (κ1) is 20.2. The van der Waals surface area contributed by atoms with Crippen LogP contribution in [-0.2, 0) is 0 Å². The Morgan fingerprint density at radius 2 is 1.12 bits per heavy atom. The first-order valence-corrected chi connectivity index (χ1v) is 7.87. The molecule has 0 radical (unpaired) electrons. The summed E-state index contributed by atoms with van der Waals surface area (Å²) in [4.78, 5) is 0. The first-order valence-electron chi connectivity index (χ1n) is 7.87. The highest BCUT2D eigenvalue weighted by Gasteiger charge is 2.06. The summed E-state index contributed by atoms with van der Waals surface area (Å²) < 4.78 is 0. The van der Waals surface area contributed by atoms with Crippen LogP contribution < -0.4 is 0 Å². The second kappa shape index (κ2) is 9.44. The topological polar surface area (TPSA) is 0 Å². The predicted octanol–water partition coefficient (Wildman–Crippen LogP) is 7.88. The van der Waals surface area contributed by atoms with Gasteiger partial charge in [-0.1, -0.05) is 94.2 Å². The van der Waals surface area contributed by atoms with E-state index in [2.05, 4.69) is 79.4 Å². The Balaban J connectivity index is 0.00000156. The number of hydrogen-bond donors (Lipinski definition) is 0. The molecule has 0 saturated carbocycles. The van der Waals surface area contributed by atoms with Crippen LogP contribution >= 0.6 is 0 Å². The van der Waals surface area contributed by atoms with E-state index in [1.165, 1.54) is 27.8 Å². The van der Waals surface area contributed by atoms with Gasteiger partial charge >= 0.3 is 0 Å². The van der Waals surface area contributed by atoms with Gasteiger partial charge in [-0.15, -0.1) is 0 Å².